The Balaban J connectivity index is 4.40. The molecule has 17 heavy (non-hydrogen) atoms. The molecule has 7 nitrogen and oxygen atoms in total. The smallest absolute Gasteiger partial charge is 0.307 e. The average Bonchev–Trinajstić information content (AvgIpc) is 2.14. The normalized spacial score (nSPS) is 18.1. The Morgan fingerprint density at radius 2 is 1.88 bits per heavy atom. The molecule has 0 aliphatic rings. The number of carboxylic acids is 2. The van der Waals surface area contributed by atoms with E-state index in [9.17, 15) is 19.0 Å². The molecule has 0 radical (unpaired) electrons. The fraction of sp³-hybridized carbons (Fsp3) is 0.778. The molecule has 0 aromatic carbocycles. The van der Waals surface area contributed by atoms with Crippen molar-refractivity contribution in [2.75, 3.05) is 6.16 Å². The first-order valence-corrected chi connectivity index (χ1v) is 7.10. The molecular formula is C9H18NO6P. The zero-order valence-corrected chi connectivity index (χ0v) is 10.5. The predicted octanol–water partition coefficient (Wildman–Crippen LogP) is 0.517. The van der Waals surface area contributed by atoms with E-state index in [0.717, 1.165) is 0 Å². The van der Waals surface area contributed by atoms with E-state index in [4.69, 9.17) is 15.9 Å². The minimum atomic E-state index is -3.69. The number of carboxylic acid groups (broad SMARTS) is 2. The summed E-state index contributed by atoms with van der Waals surface area (Å²) in [5.41, 5.74) is 5.30. The fourth-order valence-electron chi connectivity index (χ4n) is 1.27. The molecule has 0 bridgehead atoms. The van der Waals surface area contributed by atoms with Gasteiger partial charge in [-0.25, -0.2) is 0 Å². The van der Waals surface area contributed by atoms with Crippen LogP contribution in [0.25, 0.3) is 0 Å². The molecule has 5 N–H and O–H groups in total. The minimum Gasteiger partial charge on any atom is -0.481 e. The lowest BCUT2D eigenvalue weighted by molar-refractivity contribution is -0.142. The zero-order chi connectivity index (χ0) is 13.6. The van der Waals surface area contributed by atoms with E-state index in [1.165, 1.54) is 6.92 Å². The summed E-state index contributed by atoms with van der Waals surface area (Å²) in [5.74, 6) is -4.24. The third-order valence-corrected chi connectivity index (χ3v) is 4.65. The van der Waals surface area contributed by atoms with E-state index in [2.05, 4.69) is 0 Å². The van der Waals surface area contributed by atoms with Crippen LogP contribution in [0.2, 0.25) is 0 Å². The summed E-state index contributed by atoms with van der Waals surface area (Å²) >= 11 is 0. The van der Waals surface area contributed by atoms with Crippen LogP contribution in [0, 0.1) is 5.92 Å². The monoisotopic (exact) mass is 267 g/mol. The number of hydrogen-bond donors (Lipinski definition) is 4. The van der Waals surface area contributed by atoms with Crippen LogP contribution in [-0.2, 0) is 14.2 Å². The highest BCUT2D eigenvalue weighted by atomic mass is 31.2. The van der Waals surface area contributed by atoms with E-state index in [1.807, 2.05) is 0 Å². The van der Waals surface area contributed by atoms with Gasteiger partial charge >= 0.3 is 11.9 Å². The number of nitrogens with two attached hydrogens (primary N) is 1. The van der Waals surface area contributed by atoms with Crippen molar-refractivity contribution >= 4 is 19.3 Å². The lowest BCUT2D eigenvalue weighted by Gasteiger charge is -2.19. The third-order valence-electron chi connectivity index (χ3n) is 2.41. The van der Waals surface area contributed by atoms with Crippen molar-refractivity contribution in [2.45, 2.75) is 32.0 Å². The fourth-order valence-corrected chi connectivity index (χ4v) is 2.58. The Bertz CT molecular complexity index is 329. The average molecular weight is 267 g/mol. The van der Waals surface area contributed by atoms with Crippen LogP contribution in [0.5, 0.6) is 0 Å². The maximum absolute atomic E-state index is 11.6. The molecule has 0 spiro atoms. The molecule has 0 heterocycles. The molecule has 0 saturated heterocycles. The molecule has 0 aliphatic heterocycles. The molecule has 3 atom stereocenters. The van der Waals surface area contributed by atoms with E-state index in [-0.39, 0.29) is 19.3 Å². The summed E-state index contributed by atoms with van der Waals surface area (Å²) in [5, 5.41) is 17.3. The molecule has 0 saturated carbocycles. The second kappa shape index (κ2) is 6.74. The first-order valence-electron chi connectivity index (χ1n) is 5.18. The van der Waals surface area contributed by atoms with Gasteiger partial charge in [0.25, 0.3) is 0 Å². The summed E-state index contributed by atoms with van der Waals surface area (Å²) in [4.78, 5) is 30.6. The van der Waals surface area contributed by atoms with Crippen LogP contribution in [0.15, 0.2) is 0 Å². The summed E-state index contributed by atoms with van der Waals surface area (Å²) in [6.07, 6.45) is -0.360. The lowest BCUT2D eigenvalue weighted by atomic mass is 10.0. The van der Waals surface area contributed by atoms with Gasteiger partial charge in [0.2, 0.25) is 7.37 Å². The van der Waals surface area contributed by atoms with Gasteiger partial charge in [-0.1, -0.05) is 0 Å². The van der Waals surface area contributed by atoms with Crippen LogP contribution in [0.3, 0.4) is 0 Å². The molecule has 0 aromatic rings. The Morgan fingerprint density at radius 3 is 2.24 bits per heavy atom. The van der Waals surface area contributed by atoms with E-state index in [0.29, 0.717) is 0 Å². The largest absolute Gasteiger partial charge is 0.481 e. The quantitative estimate of drug-likeness (QED) is 0.470. The topological polar surface area (TPSA) is 138 Å². The Kier molecular flexibility index (Phi) is 6.37. The first kappa shape index (κ1) is 16.1. The van der Waals surface area contributed by atoms with Crippen molar-refractivity contribution in [1.29, 1.82) is 0 Å². The summed E-state index contributed by atoms with van der Waals surface area (Å²) in [6.45, 7) is 1.34. The Hall–Kier alpha value is -0.910. The van der Waals surface area contributed by atoms with Crippen molar-refractivity contribution in [3.05, 3.63) is 0 Å². The number of carbonyl (C=O) groups is 2. The minimum absolute atomic E-state index is 0.0545. The van der Waals surface area contributed by atoms with Crippen LogP contribution >= 0.6 is 7.37 Å². The van der Waals surface area contributed by atoms with Gasteiger partial charge in [-0.05, 0) is 19.8 Å². The van der Waals surface area contributed by atoms with Crippen molar-refractivity contribution in [2.24, 2.45) is 11.7 Å². The third kappa shape index (κ3) is 6.41. The van der Waals surface area contributed by atoms with Crippen LogP contribution in [-0.4, -0.2) is 39.0 Å². The van der Waals surface area contributed by atoms with Gasteiger partial charge in [-0.2, -0.15) is 0 Å². The number of rotatable bonds is 8. The van der Waals surface area contributed by atoms with Gasteiger partial charge in [0.15, 0.2) is 0 Å². The Morgan fingerprint density at radius 1 is 1.35 bits per heavy atom. The van der Waals surface area contributed by atoms with Crippen LogP contribution in [0.1, 0.15) is 26.2 Å². The molecule has 0 fully saturated rings. The molecular weight excluding hydrogens is 249 g/mol. The highest BCUT2D eigenvalue weighted by molar-refractivity contribution is 7.58. The second-order valence-corrected chi connectivity index (χ2v) is 6.69. The molecule has 0 amide bonds. The second-order valence-electron chi connectivity index (χ2n) is 4.00. The van der Waals surface area contributed by atoms with E-state index < -0.39 is 37.2 Å². The van der Waals surface area contributed by atoms with Crippen molar-refractivity contribution in [3.8, 4) is 0 Å². The van der Waals surface area contributed by atoms with Gasteiger partial charge in [0, 0.05) is 12.6 Å². The van der Waals surface area contributed by atoms with Gasteiger partial charge in [0.05, 0.1) is 11.7 Å². The summed E-state index contributed by atoms with van der Waals surface area (Å²) in [7, 11) is -3.69. The van der Waals surface area contributed by atoms with E-state index >= 15 is 0 Å². The van der Waals surface area contributed by atoms with E-state index in [1.54, 1.807) is 0 Å². The highest BCUT2D eigenvalue weighted by Gasteiger charge is 2.31. The predicted molar refractivity (Wildman–Crippen MR) is 61.0 cm³/mol. The number of hydrogen-bond acceptors (Lipinski definition) is 4. The summed E-state index contributed by atoms with van der Waals surface area (Å²) < 4.78 is 11.6. The van der Waals surface area contributed by atoms with Crippen molar-refractivity contribution < 1.29 is 29.3 Å². The molecule has 3 unspecified atom stereocenters. The number of aliphatic carboxylic acids is 2. The lowest BCUT2D eigenvalue weighted by Crippen LogP contribution is -2.24. The first-order chi connectivity index (χ1) is 7.66. The van der Waals surface area contributed by atoms with Crippen LogP contribution < -0.4 is 5.73 Å². The SMILES string of the molecule is CC(N)P(=O)(O)CC(CCCC(=O)O)C(=O)O. The zero-order valence-electron chi connectivity index (χ0n) is 9.57. The molecule has 0 rings (SSSR count). The summed E-state index contributed by atoms with van der Waals surface area (Å²) in [6, 6.07) is 0. The van der Waals surface area contributed by atoms with Gasteiger partial charge in [-0.15, -0.1) is 0 Å². The maximum Gasteiger partial charge on any atom is 0.307 e. The van der Waals surface area contributed by atoms with Gasteiger partial charge in [0.1, 0.15) is 0 Å². The molecule has 8 heteroatoms. The van der Waals surface area contributed by atoms with Crippen LogP contribution in [0.4, 0.5) is 0 Å². The van der Waals surface area contributed by atoms with Crippen molar-refractivity contribution in [1.82, 2.24) is 0 Å². The van der Waals surface area contributed by atoms with Gasteiger partial charge in [-0.3, -0.25) is 14.2 Å². The maximum atomic E-state index is 11.6. The van der Waals surface area contributed by atoms with Crippen molar-refractivity contribution in [3.63, 3.8) is 0 Å². The Labute approximate surface area is 99.1 Å². The van der Waals surface area contributed by atoms with Gasteiger partial charge < -0.3 is 20.8 Å². The molecule has 0 aromatic heterocycles. The highest BCUT2D eigenvalue weighted by Crippen LogP contribution is 2.46. The molecule has 0 aliphatic carbocycles. The molecule has 100 valence electrons. The standard InChI is InChI=1S/C9H18NO6P/c1-6(10)17(15,16)5-7(9(13)14)3-2-4-8(11)12/h6-7H,2-5,10H2,1H3,(H,11,12)(H,13,14)(H,15,16).